The Morgan fingerprint density at radius 2 is 1.60 bits per heavy atom. The maximum absolute atomic E-state index is 13.0. The highest BCUT2D eigenvalue weighted by molar-refractivity contribution is 5.81. The molecule has 3 heterocycles. The van der Waals surface area contributed by atoms with Crippen molar-refractivity contribution in [1.82, 2.24) is 25.1 Å². The number of nitrogens with zero attached hydrogens (tertiary/aromatic N) is 3. The number of nitrogens with two attached hydrogens (primary N) is 1. The zero-order valence-corrected chi connectivity index (χ0v) is 28.2. The number of aromatic amines is 1. The molecule has 13 nitrogen and oxygen atoms in total. The van der Waals surface area contributed by atoms with Gasteiger partial charge in [-0.3, -0.25) is 14.6 Å². The number of methoxy groups -OCH3 is 2. The third-order valence-corrected chi connectivity index (χ3v) is 8.90. The number of rotatable bonds is 13. The number of hydrogen-bond acceptors (Lipinski definition) is 10. The molecule has 52 heavy (non-hydrogen) atoms. The summed E-state index contributed by atoms with van der Waals surface area (Å²) in [6.45, 7) is -0.400. The van der Waals surface area contributed by atoms with Crippen LogP contribution < -0.4 is 26.1 Å². The number of nitrogens with one attached hydrogen (secondary N) is 2. The summed E-state index contributed by atoms with van der Waals surface area (Å²) in [5.41, 5.74) is 6.73. The average Bonchev–Trinajstić information content (AvgIpc) is 3.70. The van der Waals surface area contributed by atoms with Gasteiger partial charge in [0.1, 0.15) is 28.6 Å². The molecule has 0 radical (unpaired) electrons. The molecular weight excluding hydrogens is 685 g/mol. The molecule has 3 aromatic carbocycles. The molecule has 1 amide bonds. The third kappa shape index (κ3) is 7.30. The second-order valence-electron chi connectivity index (χ2n) is 12.1. The number of carbonyl (C=O) groups excluding carboxylic acids is 1. The molecule has 0 spiro atoms. The summed E-state index contributed by atoms with van der Waals surface area (Å²) >= 11 is 0. The molecule has 274 valence electrons. The van der Waals surface area contributed by atoms with Crippen molar-refractivity contribution in [3.63, 3.8) is 0 Å². The Morgan fingerprint density at radius 1 is 1.00 bits per heavy atom. The van der Waals surface area contributed by atoms with E-state index in [0.717, 1.165) is 16.7 Å². The van der Waals surface area contributed by atoms with E-state index in [1.807, 2.05) is 78.9 Å². The first-order chi connectivity index (χ1) is 24.9. The summed E-state index contributed by atoms with van der Waals surface area (Å²) in [4.78, 5) is 30.9. The van der Waals surface area contributed by atoms with Crippen molar-refractivity contribution in [3.05, 3.63) is 112 Å². The number of aromatic nitrogens is 4. The number of ether oxygens (including phenoxy) is 4. The summed E-state index contributed by atoms with van der Waals surface area (Å²) in [6.07, 6.45) is -7.72. The van der Waals surface area contributed by atoms with Crippen molar-refractivity contribution < 1.29 is 42.0 Å². The zero-order valence-electron chi connectivity index (χ0n) is 28.2. The molecule has 6 rings (SSSR count). The molecule has 2 unspecified atom stereocenters. The first kappa shape index (κ1) is 36.3. The lowest BCUT2D eigenvalue weighted by Gasteiger charge is -2.37. The number of H-pyrrole nitrogens is 1. The highest BCUT2D eigenvalue weighted by Crippen LogP contribution is 2.43. The Balaban J connectivity index is 1.30. The monoisotopic (exact) mass is 722 g/mol. The van der Waals surface area contributed by atoms with Crippen LogP contribution in [0.4, 0.5) is 19.1 Å². The summed E-state index contributed by atoms with van der Waals surface area (Å²) in [6, 6.07) is 24.6. The molecule has 3 atom stereocenters. The zero-order chi connectivity index (χ0) is 37.0. The summed E-state index contributed by atoms with van der Waals surface area (Å²) in [7, 11) is 3.16. The second kappa shape index (κ2) is 15.0. The fourth-order valence-corrected chi connectivity index (χ4v) is 6.36. The van der Waals surface area contributed by atoms with E-state index in [0.29, 0.717) is 11.5 Å². The van der Waals surface area contributed by atoms with Crippen molar-refractivity contribution in [2.24, 2.45) is 0 Å². The molecule has 16 heteroatoms. The van der Waals surface area contributed by atoms with E-state index in [-0.39, 0.29) is 55.1 Å². The van der Waals surface area contributed by atoms with Gasteiger partial charge in [-0.1, -0.05) is 54.6 Å². The molecule has 1 aliphatic heterocycles. The van der Waals surface area contributed by atoms with Crippen LogP contribution in [0.1, 0.15) is 41.5 Å². The van der Waals surface area contributed by atoms with Gasteiger partial charge in [-0.05, 0) is 53.8 Å². The number of benzene rings is 3. The lowest BCUT2D eigenvalue weighted by atomic mass is 9.80. The van der Waals surface area contributed by atoms with Gasteiger partial charge in [-0.25, -0.2) is 4.68 Å². The highest BCUT2D eigenvalue weighted by atomic mass is 19.4. The Morgan fingerprint density at radius 3 is 2.17 bits per heavy atom. The first-order valence-electron chi connectivity index (χ1n) is 16.4. The van der Waals surface area contributed by atoms with E-state index in [4.69, 9.17) is 24.7 Å². The van der Waals surface area contributed by atoms with Crippen LogP contribution in [-0.4, -0.2) is 76.5 Å². The predicted octanol–water partition coefficient (Wildman–Crippen LogP) is 3.99. The number of carbonyl (C=O) groups is 1. The number of fused-ring (bicyclic) bond motifs is 1. The number of halogens is 3. The van der Waals surface area contributed by atoms with Crippen molar-refractivity contribution in [1.29, 1.82) is 0 Å². The summed E-state index contributed by atoms with van der Waals surface area (Å²) < 4.78 is 63.3. The van der Waals surface area contributed by atoms with Crippen molar-refractivity contribution in [2.45, 2.75) is 49.5 Å². The minimum atomic E-state index is -5.02. The number of alkyl halides is 3. The van der Waals surface area contributed by atoms with Crippen LogP contribution in [0.2, 0.25) is 0 Å². The van der Waals surface area contributed by atoms with Crippen LogP contribution in [0.15, 0.2) is 83.7 Å². The Bertz CT molecular complexity index is 2010. The molecule has 5 N–H and O–H groups in total. The number of nitrogen functional groups attached to an aromatic ring is 1. The van der Waals surface area contributed by atoms with Gasteiger partial charge in [-0.2, -0.15) is 23.3 Å². The van der Waals surface area contributed by atoms with Crippen LogP contribution in [0.25, 0.3) is 11.0 Å². The SMILES string of the molecule is COc1ccc(C(OCC2O[C@@H](n3nc(CCCNC(=O)C(F)(F)F)c4c(=O)[nH]c(N)nc43)CC2O)(c2ccccc2)c2ccc(OC)cc2)cc1. The maximum Gasteiger partial charge on any atom is 0.471 e. The number of aryl methyl sites for hydroxylation is 1. The van der Waals surface area contributed by atoms with Gasteiger partial charge in [0.15, 0.2) is 11.9 Å². The normalized spacial score (nSPS) is 17.7. The van der Waals surface area contributed by atoms with E-state index in [1.54, 1.807) is 19.5 Å². The number of anilines is 1. The number of amides is 1. The van der Waals surface area contributed by atoms with Crippen LogP contribution in [0, 0.1) is 0 Å². The van der Waals surface area contributed by atoms with E-state index < -0.39 is 41.7 Å². The second-order valence-corrected chi connectivity index (χ2v) is 12.1. The number of aliphatic hydroxyl groups is 1. The topological polar surface area (TPSA) is 176 Å². The quantitative estimate of drug-likeness (QED) is 0.103. The van der Waals surface area contributed by atoms with E-state index in [1.165, 1.54) is 4.68 Å². The smallest absolute Gasteiger partial charge is 0.471 e. The minimum absolute atomic E-state index is 0.0292. The van der Waals surface area contributed by atoms with Gasteiger partial charge in [0, 0.05) is 13.0 Å². The van der Waals surface area contributed by atoms with Crippen molar-refractivity contribution in [3.8, 4) is 11.5 Å². The lowest BCUT2D eigenvalue weighted by Crippen LogP contribution is -2.38. The van der Waals surface area contributed by atoms with Crippen LogP contribution in [-0.2, 0) is 26.3 Å². The summed E-state index contributed by atoms with van der Waals surface area (Å²) in [5, 5.41) is 17.7. The van der Waals surface area contributed by atoms with Gasteiger partial charge < -0.3 is 35.1 Å². The van der Waals surface area contributed by atoms with Gasteiger partial charge >= 0.3 is 12.1 Å². The van der Waals surface area contributed by atoms with Crippen molar-refractivity contribution >= 4 is 22.9 Å². The predicted molar refractivity (Wildman–Crippen MR) is 183 cm³/mol. The van der Waals surface area contributed by atoms with Gasteiger partial charge in [-0.15, -0.1) is 0 Å². The summed E-state index contributed by atoms with van der Waals surface area (Å²) in [5.74, 6) is -0.940. The molecule has 1 saturated heterocycles. The molecule has 2 aromatic heterocycles. The highest BCUT2D eigenvalue weighted by Gasteiger charge is 2.43. The van der Waals surface area contributed by atoms with Gasteiger partial charge in [0.05, 0.1) is 32.6 Å². The minimum Gasteiger partial charge on any atom is -0.497 e. The standard InChI is InChI=1S/C36H37F3N6O7/c1-49-24-14-10-22(11-15-24)35(21-7-4-3-5-8-21,23-12-16-25(50-2)17-13-23)51-20-28-27(46)19-29(52-28)45-31-30(32(47)43-34(40)42-31)26(44-45)9-6-18-41-33(48)36(37,38)39/h3-5,7-8,10-17,27-29,46H,6,9,18-20H2,1-2H3,(H,41,48)(H3,40,42,43,47)/t27?,28?,29-/m1/s1. The Hall–Kier alpha value is -5.45. The Kier molecular flexibility index (Phi) is 10.5. The molecule has 0 aliphatic carbocycles. The fraction of sp³-hybridized carbons (Fsp3) is 0.333. The number of hydrogen-bond donors (Lipinski definition) is 4. The largest absolute Gasteiger partial charge is 0.497 e. The van der Waals surface area contributed by atoms with Gasteiger partial charge in [0.25, 0.3) is 5.56 Å². The van der Waals surface area contributed by atoms with Gasteiger partial charge in [0.2, 0.25) is 5.95 Å². The molecule has 0 saturated carbocycles. The molecule has 5 aromatic rings. The van der Waals surface area contributed by atoms with E-state index >= 15 is 0 Å². The van der Waals surface area contributed by atoms with Crippen molar-refractivity contribution in [2.75, 3.05) is 33.1 Å². The molecular formula is C36H37F3N6O7. The van der Waals surface area contributed by atoms with E-state index in [9.17, 15) is 27.9 Å². The van der Waals surface area contributed by atoms with E-state index in [2.05, 4.69) is 15.1 Å². The molecule has 0 bridgehead atoms. The molecule has 1 fully saturated rings. The lowest BCUT2D eigenvalue weighted by molar-refractivity contribution is -0.173. The van der Waals surface area contributed by atoms with Crippen LogP contribution in [0.3, 0.4) is 0 Å². The fourth-order valence-electron chi connectivity index (χ4n) is 6.36. The maximum atomic E-state index is 13.0. The number of aliphatic hydroxyl groups excluding tert-OH is 1. The molecule has 1 aliphatic rings. The van der Waals surface area contributed by atoms with Crippen LogP contribution in [0.5, 0.6) is 11.5 Å². The van der Waals surface area contributed by atoms with Crippen LogP contribution >= 0.6 is 0 Å². The third-order valence-electron chi connectivity index (χ3n) is 8.90. The average molecular weight is 723 g/mol. The Labute approximate surface area is 295 Å². The first-order valence-corrected chi connectivity index (χ1v) is 16.4.